The number of nitrogens with one attached hydrogen (secondary N) is 1. The monoisotopic (exact) mass is 288 g/mol. The summed E-state index contributed by atoms with van der Waals surface area (Å²) < 4.78 is 1.93. The van der Waals surface area contributed by atoms with Crippen LogP contribution in [0.5, 0.6) is 0 Å². The largest absolute Gasteiger partial charge is 0.353 e. The van der Waals surface area contributed by atoms with Crippen LogP contribution in [0.25, 0.3) is 5.65 Å². The molecule has 1 fully saturated rings. The molecule has 0 atom stereocenters. The van der Waals surface area contributed by atoms with Crippen molar-refractivity contribution in [1.82, 2.24) is 24.9 Å². The van der Waals surface area contributed by atoms with Crippen molar-refractivity contribution in [3.63, 3.8) is 0 Å². The molecule has 3 rings (SSSR count). The van der Waals surface area contributed by atoms with E-state index < -0.39 is 0 Å². The van der Waals surface area contributed by atoms with Crippen molar-refractivity contribution in [1.29, 1.82) is 0 Å². The van der Waals surface area contributed by atoms with Crippen LogP contribution in [-0.4, -0.2) is 45.8 Å². The van der Waals surface area contributed by atoms with E-state index in [1.165, 1.54) is 12.8 Å². The molecule has 6 heteroatoms. The van der Waals surface area contributed by atoms with Crippen LogP contribution in [0, 0.1) is 11.8 Å². The third kappa shape index (κ3) is 3.32. The molecule has 0 unspecified atom stereocenters. The molecule has 0 bridgehead atoms. The predicted molar refractivity (Wildman–Crippen MR) is 83.4 cm³/mol. The summed E-state index contributed by atoms with van der Waals surface area (Å²) in [7, 11) is 0. The first kappa shape index (κ1) is 14.3. The molecule has 0 aliphatic carbocycles. The van der Waals surface area contributed by atoms with Gasteiger partial charge in [-0.3, -0.25) is 4.40 Å². The Balaban J connectivity index is 1.57. The van der Waals surface area contributed by atoms with Gasteiger partial charge in [-0.15, -0.1) is 10.2 Å². The van der Waals surface area contributed by atoms with Gasteiger partial charge in [-0.1, -0.05) is 13.8 Å². The number of aromatic nitrogens is 4. The fraction of sp³-hybridized carbons (Fsp3) is 0.667. The Morgan fingerprint density at radius 3 is 2.90 bits per heavy atom. The summed E-state index contributed by atoms with van der Waals surface area (Å²) in [6, 6.07) is 0. The molecule has 21 heavy (non-hydrogen) atoms. The first-order valence-corrected chi connectivity index (χ1v) is 7.84. The van der Waals surface area contributed by atoms with E-state index in [1.54, 1.807) is 6.33 Å². The van der Waals surface area contributed by atoms with Gasteiger partial charge in [0.1, 0.15) is 6.33 Å². The van der Waals surface area contributed by atoms with Gasteiger partial charge >= 0.3 is 0 Å². The summed E-state index contributed by atoms with van der Waals surface area (Å²) in [4.78, 5) is 6.84. The topological polar surface area (TPSA) is 58.4 Å². The second-order valence-electron chi connectivity index (χ2n) is 6.30. The SMILES string of the molecule is CC(C)CNCC1CCN(c2nccn3cnnc23)CC1. The Kier molecular flexibility index (Phi) is 4.34. The van der Waals surface area contributed by atoms with E-state index in [-0.39, 0.29) is 0 Å². The summed E-state index contributed by atoms with van der Waals surface area (Å²) in [6.45, 7) is 8.84. The Morgan fingerprint density at radius 2 is 2.14 bits per heavy atom. The molecule has 0 radical (unpaired) electrons. The molecular weight excluding hydrogens is 264 g/mol. The molecule has 1 aliphatic heterocycles. The average Bonchev–Trinajstić information content (AvgIpc) is 2.96. The third-order valence-corrected chi connectivity index (χ3v) is 4.10. The number of hydrogen-bond acceptors (Lipinski definition) is 5. The van der Waals surface area contributed by atoms with Crippen molar-refractivity contribution >= 4 is 11.5 Å². The molecule has 0 spiro atoms. The lowest BCUT2D eigenvalue weighted by Gasteiger charge is -2.32. The van der Waals surface area contributed by atoms with Crippen molar-refractivity contribution in [2.75, 3.05) is 31.1 Å². The smallest absolute Gasteiger partial charge is 0.203 e. The molecular formula is C15H24N6. The standard InChI is InChI=1S/C15H24N6/c1-12(2)9-16-10-13-3-6-20(7-4-13)14-15-19-18-11-21(15)8-5-17-14/h5,8,11-13,16H,3-4,6-7,9-10H2,1-2H3. The number of rotatable bonds is 5. The van der Waals surface area contributed by atoms with Crippen LogP contribution >= 0.6 is 0 Å². The number of nitrogens with zero attached hydrogens (tertiary/aromatic N) is 5. The Hall–Kier alpha value is -1.69. The Bertz CT molecular complexity index is 570. The van der Waals surface area contributed by atoms with Crippen LogP contribution in [0.2, 0.25) is 0 Å². The van der Waals surface area contributed by atoms with E-state index in [1.807, 2.05) is 16.8 Å². The highest BCUT2D eigenvalue weighted by Crippen LogP contribution is 2.23. The molecule has 2 aromatic rings. The Morgan fingerprint density at radius 1 is 1.33 bits per heavy atom. The second-order valence-corrected chi connectivity index (χ2v) is 6.30. The first-order valence-electron chi connectivity index (χ1n) is 7.84. The van der Waals surface area contributed by atoms with Gasteiger partial charge in [0.05, 0.1) is 0 Å². The van der Waals surface area contributed by atoms with Gasteiger partial charge in [0.15, 0.2) is 5.82 Å². The zero-order valence-electron chi connectivity index (χ0n) is 12.9. The zero-order chi connectivity index (χ0) is 14.7. The van der Waals surface area contributed by atoms with Crippen molar-refractivity contribution in [2.45, 2.75) is 26.7 Å². The van der Waals surface area contributed by atoms with Crippen LogP contribution in [0.3, 0.4) is 0 Å². The van der Waals surface area contributed by atoms with Crippen LogP contribution in [0.15, 0.2) is 18.7 Å². The number of anilines is 1. The second kappa shape index (κ2) is 6.39. The third-order valence-electron chi connectivity index (χ3n) is 4.10. The fourth-order valence-corrected chi connectivity index (χ4v) is 2.89. The highest BCUT2D eigenvalue weighted by Gasteiger charge is 2.22. The van der Waals surface area contributed by atoms with Gasteiger partial charge in [-0.25, -0.2) is 4.98 Å². The molecule has 1 N–H and O–H groups in total. The number of hydrogen-bond donors (Lipinski definition) is 1. The van der Waals surface area contributed by atoms with E-state index >= 15 is 0 Å². The van der Waals surface area contributed by atoms with E-state index in [2.05, 4.69) is 39.2 Å². The molecule has 114 valence electrons. The van der Waals surface area contributed by atoms with Crippen molar-refractivity contribution in [3.05, 3.63) is 18.7 Å². The van der Waals surface area contributed by atoms with Gasteiger partial charge in [0, 0.05) is 25.5 Å². The van der Waals surface area contributed by atoms with Crippen LogP contribution in [-0.2, 0) is 0 Å². The summed E-state index contributed by atoms with van der Waals surface area (Å²) in [5.41, 5.74) is 0.855. The minimum absolute atomic E-state index is 0.722. The van der Waals surface area contributed by atoms with Crippen LogP contribution < -0.4 is 10.2 Å². The number of fused-ring (bicyclic) bond motifs is 1. The van der Waals surface area contributed by atoms with E-state index in [0.29, 0.717) is 0 Å². The highest BCUT2D eigenvalue weighted by molar-refractivity contribution is 5.63. The maximum atomic E-state index is 4.50. The quantitative estimate of drug-likeness (QED) is 0.905. The molecule has 1 aliphatic rings. The molecule has 0 saturated carbocycles. The molecule has 1 saturated heterocycles. The Labute approximate surface area is 125 Å². The van der Waals surface area contributed by atoms with Crippen molar-refractivity contribution < 1.29 is 0 Å². The molecule has 0 aromatic carbocycles. The van der Waals surface area contributed by atoms with Gasteiger partial charge in [-0.2, -0.15) is 0 Å². The maximum absolute atomic E-state index is 4.50. The lowest BCUT2D eigenvalue weighted by atomic mass is 9.96. The molecule has 3 heterocycles. The first-order chi connectivity index (χ1) is 10.2. The van der Waals surface area contributed by atoms with Crippen molar-refractivity contribution in [3.8, 4) is 0 Å². The van der Waals surface area contributed by atoms with Gasteiger partial charge < -0.3 is 10.2 Å². The maximum Gasteiger partial charge on any atom is 0.203 e. The summed E-state index contributed by atoms with van der Waals surface area (Å²) in [6.07, 6.45) is 7.86. The predicted octanol–water partition coefficient (Wildman–Crippen LogP) is 1.59. The van der Waals surface area contributed by atoms with E-state index in [4.69, 9.17) is 0 Å². The molecule has 6 nitrogen and oxygen atoms in total. The number of piperidine rings is 1. The van der Waals surface area contributed by atoms with E-state index in [0.717, 1.165) is 49.5 Å². The summed E-state index contributed by atoms with van der Waals surface area (Å²) in [5, 5.41) is 11.7. The van der Waals surface area contributed by atoms with Crippen molar-refractivity contribution in [2.24, 2.45) is 11.8 Å². The fourth-order valence-electron chi connectivity index (χ4n) is 2.89. The zero-order valence-corrected chi connectivity index (χ0v) is 12.9. The van der Waals surface area contributed by atoms with Crippen LogP contribution in [0.1, 0.15) is 26.7 Å². The average molecular weight is 288 g/mol. The lowest BCUT2D eigenvalue weighted by Crippen LogP contribution is -2.38. The highest BCUT2D eigenvalue weighted by atomic mass is 15.3. The van der Waals surface area contributed by atoms with E-state index in [9.17, 15) is 0 Å². The van der Waals surface area contributed by atoms with Gasteiger partial charge in [0.2, 0.25) is 5.65 Å². The lowest BCUT2D eigenvalue weighted by molar-refractivity contribution is 0.373. The van der Waals surface area contributed by atoms with Gasteiger partial charge in [0.25, 0.3) is 0 Å². The summed E-state index contributed by atoms with van der Waals surface area (Å²) in [5.74, 6) is 2.46. The summed E-state index contributed by atoms with van der Waals surface area (Å²) >= 11 is 0. The van der Waals surface area contributed by atoms with Crippen LogP contribution in [0.4, 0.5) is 5.82 Å². The minimum atomic E-state index is 0.722. The minimum Gasteiger partial charge on any atom is -0.353 e. The normalized spacial score (nSPS) is 17.0. The molecule has 2 aromatic heterocycles. The molecule has 0 amide bonds. The van der Waals surface area contributed by atoms with Gasteiger partial charge in [-0.05, 0) is 37.8 Å².